The van der Waals surface area contributed by atoms with Gasteiger partial charge < -0.3 is 5.32 Å². The number of nitrogens with one attached hydrogen (secondary N) is 1. The van der Waals surface area contributed by atoms with Gasteiger partial charge in [-0.1, -0.05) is 6.07 Å². The smallest absolute Gasteiger partial charge is 0.322 e. The zero-order valence-electron chi connectivity index (χ0n) is 14.3. The Morgan fingerprint density at radius 2 is 1.37 bits per heavy atom. The van der Waals surface area contributed by atoms with Crippen LogP contribution in [0, 0.1) is 11.6 Å². The molecule has 0 saturated heterocycles. The Labute approximate surface area is 162 Å². The predicted molar refractivity (Wildman–Crippen MR) is 85.7 cm³/mol. The molecule has 0 atom stereocenters. The van der Waals surface area contributed by atoms with Crippen molar-refractivity contribution in [3.63, 3.8) is 0 Å². The summed E-state index contributed by atoms with van der Waals surface area (Å²) in [5.74, 6) is -7.55. The van der Waals surface area contributed by atoms with Gasteiger partial charge in [0.05, 0.1) is 5.56 Å². The Balaban J connectivity index is 1.94. The Morgan fingerprint density at radius 3 is 1.87 bits per heavy atom. The van der Waals surface area contributed by atoms with Gasteiger partial charge in [-0.15, -0.1) is 10.2 Å². The van der Waals surface area contributed by atoms with Gasteiger partial charge in [0.2, 0.25) is 11.6 Å². The van der Waals surface area contributed by atoms with Gasteiger partial charge in [0.15, 0.2) is 11.6 Å². The molecule has 1 heterocycles. The van der Waals surface area contributed by atoms with Crippen molar-refractivity contribution < 1.29 is 39.9 Å². The van der Waals surface area contributed by atoms with Gasteiger partial charge in [-0.3, -0.25) is 9.36 Å². The molecule has 30 heavy (non-hydrogen) atoms. The van der Waals surface area contributed by atoms with Crippen molar-refractivity contribution >= 4 is 11.6 Å². The van der Waals surface area contributed by atoms with E-state index in [9.17, 15) is 39.9 Å². The zero-order valence-corrected chi connectivity index (χ0v) is 14.3. The van der Waals surface area contributed by atoms with Crippen LogP contribution >= 0.6 is 0 Å². The number of anilines is 1. The standard InChI is InChI=1S/C17H8F8N4O/c18-11-3-1-2-10(12(11)19)13(30)26-8-4-6-9(7-5-8)29-14(16(20,21)22)27-28-15(29)17(23,24)25/h1-7H,(H,26,30). The maximum Gasteiger partial charge on any atom is 0.452 e. The van der Waals surface area contributed by atoms with Crippen molar-refractivity contribution in [3.05, 3.63) is 71.3 Å². The molecular formula is C17H8F8N4O. The third kappa shape index (κ3) is 4.09. The van der Waals surface area contributed by atoms with E-state index in [0.717, 1.165) is 42.5 Å². The van der Waals surface area contributed by atoms with Gasteiger partial charge in [-0.05, 0) is 36.4 Å². The number of halogens is 8. The molecule has 5 nitrogen and oxygen atoms in total. The third-order valence-electron chi connectivity index (χ3n) is 3.75. The van der Waals surface area contributed by atoms with Gasteiger partial charge in [-0.25, -0.2) is 8.78 Å². The molecule has 0 aliphatic rings. The van der Waals surface area contributed by atoms with E-state index in [0.29, 0.717) is 0 Å². The van der Waals surface area contributed by atoms with E-state index in [4.69, 9.17) is 0 Å². The molecule has 2 aromatic carbocycles. The lowest BCUT2D eigenvalue weighted by molar-refractivity contribution is -0.153. The van der Waals surface area contributed by atoms with Crippen LogP contribution in [0.3, 0.4) is 0 Å². The van der Waals surface area contributed by atoms with Crippen molar-refractivity contribution in [2.75, 3.05) is 5.32 Å². The summed E-state index contributed by atoms with van der Waals surface area (Å²) in [7, 11) is 0. The fraction of sp³-hybridized carbons (Fsp3) is 0.118. The average Bonchev–Trinajstić information content (AvgIpc) is 3.10. The van der Waals surface area contributed by atoms with Gasteiger partial charge >= 0.3 is 12.4 Å². The van der Waals surface area contributed by atoms with Crippen LogP contribution in [0.4, 0.5) is 40.8 Å². The van der Waals surface area contributed by atoms with E-state index in [1.54, 1.807) is 0 Å². The number of aromatic nitrogens is 3. The van der Waals surface area contributed by atoms with Gasteiger partial charge in [0, 0.05) is 11.4 Å². The molecule has 0 aliphatic carbocycles. The molecule has 0 bridgehead atoms. The van der Waals surface area contributed by atoms with Crippen LogP contribution in [0.1, 0.15) is 22.0 Å². The molecule has 0 spiro atoms. The van der Waals surface area contributed by atoms with E-state index in [1.165, 1.54) is 0 Å². The fourth-order valence-electron chi connectivity index (χ4n) is 2.47. The molecule has 1 N–H and O–H groups in total. The number of benzene rings is 2. The Morgan fingerprint density at radius 1 is 0.833 bits per heavy atom. The number of hydrogen-bond acceptors (Lipinski definition) is 3. The molecule has 0 unspecified atom stereocenters. The number of alkyl halides is 6. The van der Waals surface area contributed by atoms with Crippen molar-refractivity contribution in [3.8, 4) is 5.69 Å². The van der Waals surface area contributed by atoms with Crippen molar-refractivity contribution in [1.29, 1.82) is 0 Å². The first-order chi connectivity index (χ1) is 13.9. The highest BCUT2D eigenvalue weighted by atomic mass is 19.4. The van der Waals surface area contributed by atoms with E-state index in [1.807, 2.05) is 0 Å². The van der Waals surface area contributed by atoms with Gasteiger partial charge in [0.1, 0.15) is 0 Å². The second kappa shape index (κ2) is 7.39. The highest BCUT2D eigenvalue weighted by Gasteiger charge is 2.45. The molecule has 0 fully saturated rings. The topological polar surface area (TPSA) is 59.8 Å². The van der Waals surface area contributed by atoms with Crippen LogP contribution in [0.25, 0.3) is 5.69 Å². The molecule has 0 saturated carbocycles. The van der Waals surface area contributed by atoms with Crippen LogP contribution in [-0.4, -0.2) is 20.7 Å². The molecular weight excluding hydrogens is 428 g/mol. The van der Waals surface area contributed by atoms with Crippen LogP contribution in [-0.2, 0) is 12.4 Å². The molecule has 3 aromatic rings. The summed E-state index contributed by atoms with van der Waals surface area (Å²) >= 11 is 0. The van der Waals surface area contributed by atoms with E-state index in [2.05, 4.69) is 15.5 Å². The highest BCUT2D eigenvalue weighted by molar-refractivity contribution is 6.04. The number of carbonyl (C=O) groups is 1. The maximum absolute atomic E-state index is 13.7. The number of rotatable bonds is 3. The molecule has 0 aliphatic heterocycles. The molecule has 1 aromatic heterocycles. The van der Waals surface area contributed by atoms with Crippen LogP contribution in [0.15, 0.2) is 42.5 Å². The first kappa shape index (κ1) is 21.2. The second-order valence-electron chi connectivity index (χ2n) is 5.78. The Kier molecular flexibility index (Phi) is 5.22. The lowest BCUT2D eigenvalue weighted by Gasteiger charge is -2.14. The number of carbonyl (C=O) groups excluding carboxylic acids is 1. The molecule has 13 heteroatoms. The quantitative estimate of drug-likeness (QED) is 0.599. The second-order valence-corrected chi connectivity index (χ2v) is 5.78. The lowest BCUT2D eigenvalue weighted by Crippen LogP contribution is -2.19. The van der Waals surface area contributed by atoms with Crippen molar-refractivity contribution in [1.82, 2.24) is 14.8 Å². The summed E-state index contributed by atoms with van der Waals surface area (Å²) < 4.78 is 105. The van der Waals surface area contributed by atoms with Crippen molar-refractivity contribution in [2.24, 2.45) is 0 Å². The SMILES string of the molecule is O=C(Nc1ccc(-n2c(C(F)(F)F)nnc2C(F)(F)F)cc1)c1cccc(F)c1F. The molecule has 3 rings (SSSR count). The summed E-state index contributed by atoms with van der Waals surface area (Å²) in [5, 5.41) is 7.32. The minimum atomic E-state index is -5.22. The Hall–Kier alpha value is -3.51. The summed E-state index contributed by atoms with van der Waals surface area (Å²) in [6.45, 7) is 0. The van der Waals surface area contributed by atoms with E-state index in [-0.39, 0.29) is 10.3 Å². The van der Waals surface area contributed by atoms with Crippen molar-refractivity contribution in [2.45, 2.75) is 12.4 Å². The highest BCUT2D eigenvalue weighted by Crippen LogP contribution is 2.36. The van der Waals surface area contributed by atoms with Gasteiger partial charge in [-0.2, -0.15) is 26.3 Å². The van der Waals surface area contributed by atoms with Gasteiger partial charge in [0.25, 0.3) is 5.91 Å². The van der Waals surface area contributed by atoms with E-state index < -0.39 is 52.8 Å². The minimum absolute atomic E-state index is 0.0948. The molecule has 158 valence electrons. The lowest BCUT2D eigenvalue weighted by atomic mass is 10.2. The molecule has 1 amide bonds. The Bertz CT molecular complexity index is 1060. The molecule has 0 radical (unpaired) electrons. The number of hydrogen-bond donors (Lipinski definition) is 1. The third-order valence-corrected chi connectivity index (χ3v) is 3.75. The summed E-state index contributed by atoms with van der Waals surface area (Å²) in [6.07, 6.45) is -10.4. The normalized spacial score (nSPS) is 12.1. The fourth-order valence-corrected chi connectivity index (χ4v) is 2.47. The minimum Gasteiger partial charge on any atom is -0.322 e. The zero-order chi connectivity index (χ0) is 22.3. The first-order valence-electron chi connectivity index (χ1n) is 7.85. The summed E-state index contributed by atoms with van der Waals surface area (Å²) in [6, 6.07) is 6.49. The predicted octanol–water partition coefficient (Wildman–Crippen LogP) is 4.84. The van der Waals surface area contributed by atoms with Crippen LogP contribution in [0.5, 0.6) is 0 Å². The average molecular weight is 436 g/mol. The van der Waals surface area contributed by atoms with E-state index >= 15 is 0 Å². The van der Waals surface area contributed by atoms with Crippen LogP contribution in [0.2, 0.25) is 0 Å². The summed E-state index contributed by atoms with van der Waals surface area (Å²) in [4.78, 5) is 12.0. The summed E-state index contributed by atoms with van der Waals surface area (Å²) in [5.41, 5.74) is -1.33. The monoisotopic (exact) mass is 436 g/mol. The first-order valence-corrected chi connectivity index (χ1v) is 7.85. The number of nitrogens with zero attached hydrogens (tertiary/aromatic N) is 3. The maximum atomic E-state index is 13.7. The number of amides is 1. The van der Waals surface area contributed by atoms with Crippen LogP contribution < -0.4 is 5.32 Å². The largest absolute Gasteiger partial charge is 0.452 e.